The highest BCUT2D eigenvalue weighted by Gasteiger charge is 2.27. The first-order valence-corrected chi connectivity index (χ1v) is 8.84. The fraction of sp³-hybridized carbons (Fsp3) is 0.611. The van der Waals surface area contributed by atoms with Gasteiger partial charge in [0.25, 0.3) is 0 Å². The second kappa shape index (κ2) is 7.39. The molecule has 2 aromatic heterocycles. The molecule has 1 amide bonds. The van der Waals surface area contributed by atoms with Crippen molar-refractivity contribution >= 4 is 5.91 Å². The van der Waals surface area contributed by atoms with E-state index in [1.807, 2.05) is 48.2 Å². The maximum atomic E-state index is 12.6. The number of carbonyl (C=O) groups is 1. The van der Waals surface area contributed by atoms with E-state index < -0.39 is 0 Å². The highest BCUT2D eigenvalue weighted by Crippen LogP contribution is 2.22. The largest absolute Gasteiger partial charge is 0.367 e. The fourth-order valence-electron chi connectivity index (χ4n) is 3.41. The maximum absolute atomic E-state index is 12.6. The third-order valence-corrected chi connectivity index (χ3v) is 4.60. The maximum Gasteiger partial charge on any atom is 0.222 e. The van der Waals surface area contributed by atoms with Crippen molar-refractivity contribution in [3.63, 3.8) is 0 Å². The Hall–Kier alpha value is -2.15. The number of morpholine rings is 1. The van der Waals surface area contributed by atoms with E-state index in [0.29, 0.717) is 26.1 Å². The molecule has 1 aliphatic rings. The summed E-state index contributed by atoms with van der Waals surface area (Å²) in [7, 11) is 1.97. The number of hydrogen-bond acceptors (Lipinski definition) is 4. The van der Waals surface area contributed by atoms with Crippen molar-refractivity contribution in [2.75, 3.05) is 19.7 Å². The number of ether oxygens (including phenoxy) is 1. The van der Waals surface area contributed by atoms with Crippen molar-refractivity contribution in [2.45, 2.75) is 46.3 Å². The molecule has 0 radical (unpaired) electrons. The Morgan fingerprint density at radius 3 is 2.76 bits per heavy atom. The highest BCUT2D eigenvalue weighted by molar-refractivity contribution is 5.76. The Kier molecular flexibility index (Phi) is 5.22. The average Bonchev–Trinajstić information content (AvgIpc) is 3.08. The van der Waals surface area contributed by atoms with E-state index in [1.54, 1.807) is 0 Å². The van der Waals surface area contributed by atoms with E-state index in [9.17, 15) is 4.79 Å². The zero-order chi connectivity index (χ0) is 18.0. The topological polar surface area (TPSA) is 65.2 Å². The Morgan fingerprint density at radius 1 is 1.32 bits per heavy atom. The summed E-state index contributed by atoms with van der Waals surface area (Å²) in [6.45, 7) is 8.55. The molecule has 0 spiro atoms. The summed E-state index contributed by atoms with van der Waals surface area (Å²) in [6.07, 6.45) is 3.16. The van der Waals surface area contributed by atoms with Crippen molar-refractivity contribution in [2.24, 2.45) is 7.05 Å². The lowest BCUT2D eigenvalue weighted by molar-refractivity contribution is -0.139. The molecule has 2 aromatic rings. The van der Waals surface area contributed by atoms with Crippen LogP contribution in [0.25, 0.3) is 0 Å². The van der Waals surface area contributed by atoms with E-state index in [-0.39, 0.29) is 12.0 Å². The van der Waals surface area contributed by atoms with Crippen LogP contribution in [0, 0.1) is 20.8 Å². The van der Waals surface area contributed by atoms with Gasteiger partial charge in [-0.3, -0.25) is 9.48 Å². The molecule has 0 saturated carbocycles. The van der Waals surface area contributed by atoms with Crippen molar-refractivity contribution < 1.29 is 9.53 Å². The van der Waals surface area contributed by atoms with E-state index >= 15 is 0 Å². The normalized spacial score (nSPS) is 17.9. The molecule has 1 atom stereocenters. The number of rotatable bonds is 5. The zero-order valence-electron chi connectivity index (χ0n) is 15.5. The van der Waals surface area contributed by atoms with Gasteiger partial charge in [0.1, 0.15) is 11.9 Å². The Morgan fingerprint density at radius 2 is 2.12 bits per heavy atom. The molecule has 1 unspecified atom stereocenters. The van der Waals surface area contributed by atoms with Gasteiger partial charge < -0.3 is 14.2 Å². The Labute approximate surface area is 148 Å². The van der Waals surface area contributed by atoms with Gasteiger partial charge in [0, 0.05) is 38.4 Å². The average molecular weight is 345 g/mol. The highest BCUT2D eigenvalue weighted by atomic mass is 16.5. The molecule has 7 heteroatoms. The minimum atomic E-state index is -0.146. The summed E-state index contributed by atoms with van der Waals surface area (Å²) in [5, 5.41) is 4.44. The predicted molar refractivity (Wildman–Crippen MR) is 94.2 cm³/mol. The molecular formula is C18H27N5O2. The third kappa shape index (κ3) is 4.10. The van der Waals surface area contributed by atoms with Crippen LogP contribution in [-0.2, 0) is 23.1 Å². The molecule has 0 bridgehead atoms. The van der Waals surface area contributed by atoms with Crippen LogP contribution in [-0.4, -0.2) is 49.8 Å². The zero-order valence-corrected chi connectivity index (χ0v) is 15.5. The minimum absolute atomic E-state index is 0.146. The van der Waals surface area contributed by atoms with Crippen molar-refractivity contribution in [3.05, 3.63) is 35.2 Å². The first kappa shape index (κ1) is 17.7. The predicted octanol–water partition coefficient (Wildman–Crippen LogP) is 1.92. The lowest BCUT2D eigenvalue weighted by atomic mass is 10.2. The molecule has 3 rings (SSSR count). The lowest BCUT2D eigenvalue weighted by Crippen LogP contribution is -2.42. The van der Waals surface area contributed by atoms with Crippen LogP contribution in [0.1, 0.15) is 41.9 Å². The monoisotopic (exact) mass is 345 g/mol. The van der Waals surface area contributed by atoms with E-state index in [0.717, 1.165) is 35.9 Å². The molecule has 3 heterocycles. The molecule has 25 heavy (non-hydrogen) atoms. The summed E-state index contributed by atoms with van der Waals surface area (Å²) >= 11 is 0. The third-order valence-electron chi connectivity index (χ3n) is 4.60. The number of imidazole rings is 1. The SMILES string of the molecule is Cc1cn(C)c(C2CN(C(=O)CCCn3nc(C)cc3C)CCO2)n1. The second-order valence-electron chi connectivity index (χ2n) is 6.80. The Bertz CT molecular complexity index is 749. The van der Waals surface area contributed by atoms with Gasteiger partial charge in [0.2, 0.25) is 5.91 Å². The number of nitrogens with zero attached hydrogens (tertiary/aromatic N) is 5. The van der Waals surface area contributed by atoms with Gasteiger partial charge in [-0.15, -0.1) is 0 Å². The van der Waals surface area contributed by atoms with Crippen LogP contribution in [0.15, 0.2) is 12.3 Å². The van der Waals surface area contributed by atoms with Crippen LogP contribution in [0.3, 0.4) is 0 Å². The van der Waals surface area contributed by atoms with E-state index in [2.05, 4.69) is 16.1 Å². The van der Waals surface area contributed by atoms with Crippen molar-refractivity contribution in [3.8, 4) is 0 Å². The van der Waals surface area contributed by atoms with Crippen LogP contribution in [0.4, 0.5) is 0 Å². The quantitative estimate of drug-likeness (QED) is 0.830. The lowest BCUT2D eigenvalue weighted by Gasteiger charge is -2.32. The molecule has 136 valence electrons. The molecule has 0 aromatic carbocycles. The van der Waals surface area contributed by atoms with Crippen molar-refractivity contribution in [1.82, 2.24) is 24.2 Å². The van der Waals surface area contributed by atoms with Crippen LogP contribution < -0.4 is 0 Å². The van der Waals surface area contributed by atoms with Gasteiger partial charge in [-0.25, -0.2) is 4.98 Å². The fourth-order valence-corrected chi connectivity index (χ4v) is 3.41. The standard InChI is InChI=1S/C18H27N5O2/c1-13-10-15(3)23(20-13)7-5-6-17(24)22-8-9-25-16(12-22)18-19-14(2)11-21(18)4/h10-11,16H,5-9,12H2,1-4H3. The summed E-state index contributed by atoms with van der Waals surface area (Å²) in [6, 6.07) is 2.06. The number of hydrogen-bond donors (Lipinski definition) is 0. The second-order valence-corrected chi connectivity index (χ2v) is 6.80. The summed E-state index contributed by atoms with van der Waals surface area (Å²) in [4.78, 5) is 19.0. The van der Waals surface area contributed by atoms with Gasteiger partial charge in [-0.05, 0) is 33.3 Å². The summed E-state index contributed by atoms with van der Waals surface area (Å²) < 4.78 is 9.80. The molecule has 0 N–H and O–H groups in total. The minimum Gasteiger partial charge on any atom is -0.367 e. The van der Waals surface area contributed by atoms with Gasteiger partial charge in [0.15, 0.2) is 0 Å². The Balaban J connectivity index is 1.53. The van der Waals surface area contributed by atoms with E-state index in [4.69, 9.17) is 4.74 Å². The van der Waals surface area contributed by atoms with Crippen LogP contribution >= 0.6 is 0 Å². The molecule has 1 aliphatic heterocycles. The van der Waals surface area contributed by atoms with Gasteiger partial charge in [-0.1, -0.05) is 0 Å². The number of aryl methyl sites for hydroxylation is 5. The van der Waals surface area contributed by atoms with Crippen LogP contribution in [0.5, 0.6) is 0 Å². The number of aromatic nitrogens is 4. The van der Waals surface area contributed by atoms with E-state index in [1.165, 1.54) is 0 Å². The summed E-state index contributed by atoms with van der Waals surface area (Å²) in [5.41, 5.74) is 3.13. The molecule has 7 nitrogen and oxygen atoms in total. The summed E-state index contributed by atoms with van der Waals surface area (Å²) in [5.74, 6) is 1.07. The van der Waals surface area contributed by atoms with Gasteiger partial charge in [0.05, 0.1) is 24.5 Å². The smallest absolute Gasteiger partial charge is 0.222 e. The number of carbonyl (C=O) groups excluding carboxylic acids is 1. The van der Waals surface area contributed by atoms with Crippen LogP contribution in [0.2, 0.25) is 0 Å². The van der Waals surface area contributed by atoms with Gasteiger partial charge in [-0.2, -0.15) is 5.10 Å². The van der Waals surface area contributed by atoms with Gasteiger partial charge >= 0.3 is 0 Å². The van der Waals surface area contributed by atoms with Crippen molar-refractivity contribution in [1.29, 1.82) is 0 Å². The molecule has 1 saturated heterocycles. The number of amides is 1. The molecular weight excluding hydrogens is 318 g/mol. The molecule has 0 aliphatic carbocycles. The molecule has 1 fully saturated rings. The first-order valence-electron chi connectivity index (χ1n) is 8.84. The first-order chi connectivity index (χ1) is 11.9.